The molecule has 2 heterocycles. The Labute approximate surface area is 86.0 Å². The first kappa shape index (κ1) is 8.71. The lowest BCUT2D eigenvalue weighted by Crippen LogP contribution is -2.20. The van der Waals surface area contributed by atoms with Gasteiger partial charge < -0.3 is 4.74 Å². The second-order valence-electron chi connectivity index (χ2n) is 2.42. The van der Waals surface area contributed by atoms with E-state index < -0.39 is 18.1 Å². The van der Waals surface area contributed by atoms with Crippen LogP contribution >= 0.6 is 27.3 Å². The summed E-state index contributed by atoms with van der Waals surface area (Å²) in [4.78, 5) is 22.5. The normalized spacial score (nSPS) is 21.5. The van der Waals surface area contributed by atoms with Gasteiger partial charge in [0.15, 0.2) is 0 Å². The number of rotatable bonds is 1. The highest BCUT2D eigenvalue weighted by Crippen LogP contribution is 2.31. The molecule has 0 bridgehead atoms. The van der Waals surface area contributed by atoms with E-state index in [9.17, 15) is 9.59 Å². The zero-order valence-corrected chi connectivity index (χ0v) is 8.65. The number of carbonyl (C=O) groups excluding carboxylic acids is 2. The van der Waals surface area contributed by atoms with Gasteiger partial charge in [-0.25, -0.2) is 4.79 Å². The number of hydrogen-bond donors (Lipinski definition) is 1. The van der Waals surface area contributed by atoms with Gasteiger partial charge >= 0.3 is 6.09 Å². The Morgan fingerprint density at radius 3 is 2.69 bits per heavy atom. The Balaban J connectivity index is 2.27. The highest BCUT2D eigenvalue weighted by atomic mass is 79.9. The summed E-state index contributed by atoms with van der Waals surface area (Å²) in [7, 11) is 0. The Morgan fingerprint density at radius 1 is 1.46 bits per heavy atom. The van der Waals surface area contributed by atoms with Crippen LogP contribution < -0.4 is 5.32 Å². The average Bonchev–Trinajstić information content (AvgIpc) is 2.58. The fourth-order valence-corrected chi connectivity index (χ4v) is 2.47. The van der Waals surface area contributed by atoms with E-state index in [2.05, 4.69) is 21.2 Å². The molecule has 1 unspecified atom stereocenters. The maximum absolute atomic E-state index is 11.1. The molecule has 1 aliphatic rings. The third-order valence-electron chi connectivity index (χ3n) is 1.54. The number of halogens is 1. The van der Waals surface area contributed by atoms with Gasteiger partial charge in [-0.15, -0.1) is 11.3 Å². The van der Waals surface area contributed by atoms with Crippen LogP contribution in [0.3, 0.4) is 0 Å². The van der Waals surface area contributed by atoms with Crippen LogP contribution in [-0.4, -0.2) is 12.0 Å². The lowest BCUT2D eigenvalue weighted by Gasteiger charge is -2.00. The van der Waals surface area contributed by atoms with Crippen LogP contribution in [0.15, 0.2) is 15.9 Å². The number of carbonyl (C=O) groups is 2. The van der Waals surface area contributed by atoms with Crippen LogP contribution in [0.1, 0.15) is 11.0 Å². The van der Waals surface area contributed by atoms with Crippen LogP contribution in [0.2, 0.25) is 0 Å². The molecule has 0 aromatic carbocycles. The molecule has 2 rings (SSSR count). The fraction of sp³-hybridized carbons (Fsp3) is 0.143. The third kappa shape index (κ3) is 1.59. The summed E-state index contributed by atoms with van der Waals surface area (Å²) in [5, 5.41) is 2.07. The molecule has 0 aliphatic carbocycles. The maximum Gasteiger partial charge on any atom is 0.415 e. The SMILES string of the molecule is O=C1NC(=O)C(c2ccc(Br)s2)O1. The molecule has 1 aromatic rings. The van der Waals surface area contributed by atoms with Gasteiger partial charge in [0.1, 0.15) is 0 Å². The summed E-state index contributed by atoms with van der Waals surface area (Å²) < 4.78 is 5.66. The van der Waals surface area contributed by atoms with E-state index in [1.165, 1.54) is 11.3 Å². The lowest BCUT2D eigenvalue weighted by molar-refractivity contribution is -0.123. The first-order chi connectivity index (χ1) is 6.16. The number of hydrogen-bond acceptors (Lipinski definition) is 4. The molecule has 1 aliphatic heterocycles. The molecule has 0 saturated carbocycles. The van der Waals surface area contributed by atoms with Crippen molar-refractivity contribution in [2.45, 2.75) is 6.10 Å². The molecular weight excluding hydrogens is 258 g/mol. The monoisotopic (exact) mass is 261 g/mol. The van der Waals surface area contributed by atoms with Crippen molar-refractivity contribution in [2.75, 3.05) is 0 Å². The first-order valence-corrected chi connectivity index (χ1v) is 5.04. The van der Waals surface area contributed by atoms with E-state index in [4.69, 9.17) is 4.74 Å². The fourth-order valence-electron chi connectivity index (χ4n) is 1.01. The number of thiophene rings is 1. The van der Waals surface area contributed by atoms with Crippen LogP contribution in [-0.2, 0) is 9.53 Å². The summed E-state index contributed by atoms with van der Waals surface area (Å²) in [6.07, 6.45) is -1.46. The number of alkyl carbamates (subject to hydrolysis) is 1. The number of imide groups is 1. The minimum absolute atomic E-state index is 0.403. The topological polar surface area (TPSA) is 55.4 Å². The minimum atomic E-state index is -0.774. The standard InChI is InChI=1S/C7H4BrNO3S/c8-4-2-1-3(13-4)5-6(10)9-7(11)12-5/h1-2,5H,(H,9,10,11). The van der Waals surface area contributed by atoms with Gasteiger partial charge in [0, 0.05) is 0 Å². The molecule has 1 fully saturated rings. The second-order valence-corrected chi connectivity index (χ2v) is 4.91. The van der Waals surface area contributed by atoms with Gasteiger partial charge in [-0.1, -0.05) is 0 Å². The number of ether oxygens (including phenoxy) is 1. The van der Waals surface area contributed by atoms with E-state index in [0.29, 0.717) is 0 Å². The van der Waals surface area contributed by atoms with Crippen molar-refractivity contribution in [2.24, 2.45) is 0 Å². The average molecular weight is 262 g/mol. The van der Waals surface area contributed by atoms with Crippen LogP contribution in [0.25, 0.3) is 0 Å². The van der Waals surface area contributed by atoms with Crippen molar-refractivity contribution in [1.29, 1.82) is 0 Å². The Hall–Kier alpha value is -0.880. The van der Waals surface area contributed by atoms with Crippen molar-refractivity contribution < 1.29 is 14.3 Å². The lowest BCUT2D eigenvalue weighted by atomic mass is 10.3. The Morgan fingerprint density at radius 2 is 2.23 bits per heavy atom. The minimum Gasteiger partial charge on any atom is -0.430 e. The number of cyclic esters (lactones) is 1. The molecule has 4 nitrogen and oxygen atoms in total. The van der Waals surface area contributed by atoms with E-state index in [1.807, 2.05) is 0 Å². The van der Waals surface area contributed by atoms with Gasteiger partial charge in [0.05, 0.1) is 8.66 Å². The van der Waals surface area contributed by atoms with Crippen molar-refractivity contribution in [3.63, 3.8) is 0 Å². The molecule has 1 aromatic heterocycles. The molecule has 0 radical (unpaired) electrons. The largest absolute Gasteiger partial charge is 0.430 e. The van der Waals surface area contributed by atoms with E-state index in [1.54, 1.807) is 12.1 Å². The van der Waals surface area contributed by atoms with Gasteiger partial charge in [0.25, 0.3) is 5.91 Å². The van der Waals surface area contributed by atoms with Gasteiger partial charge in [0.2, 0.25) is 6.10 Å². The smallest absolute Gasteiger partial charge is 0.415 e. The quantitative estimate of drug-likeness (QED) is 0.839. The number of nitrogens with one attached hydrogen (secondary N) is 1. The van der Waals surface area contributed by atoms with Crippen molar-refractivity contribution in [1.82, 2.24) is 5.32 Å². The first-order valence-electron chi connectivity index (χ1n) is 3.43. The highest BCUT2D eigenvalue weighted by molar-refractivity contribution is 9.11. The van der Waals surface area contributed by atoms with Crippen LogP contribution in [0, 0.1) is 0 Å². The summed E-state index contributed by atoms with van der Waals surface area (Å²) in [5.74, 6) is -0.403. The van der Waals surface area contributed by atoms with Crippen LogP contribution in [0.5, 0.6) is 0 Å². The molecular formula is C7H4BrNO3S. The number of amides is 2. The van der Waals surface area contributed by atoms with Crippen LogP contribution in [0.4, 0.5) is 4.79 Å². The zero-order valence-electron chi connectivity index (χ0n) is 6.24. The van der Waals surface area contributed by atoms with E-state index >= 15 is 0 Å². The molecule has 1 atom stereocenters. The molecule has 0 spiro atoms. The third-order valence-corrected chi connectivity index (χ3v) is 3.21. The molecule has 2 amide bonds. The summed E-state index contributed by atoms with van der Waals surface area (Å²) in [5.41, 5.74) is 0. The zero-order chi connectivity index (χ0) is 9.42. The maximum atomic E-state index is 11.1. The molecule has 6 heteroatoms. The van der Waals surface area contributed by atoms with Crippen molar-refractivity contribution in [3.8, 4) is 0 Å². The second kappa shape index (κ2) is 3.12. The summed E-state index contributed by atoms with van der Waals surface area (Å²) in [6, 6.07) is 3.55. The molecule has 68 valence electrons. The van der Waals surface area contributed by atoms with E-state index in [-0.39, 0.29) is 0 Å². The molecule has 1 saturated heterocycles. The molecule has 13 heavy (non-hydrogen) atoms. The van der Waals surface area contributed by atoms with Gasteiger partial charge in [-0.2, -0.15) is 0 Å². The summed E-state index contributed by atoms with van der Waals surface area (Å²) in [6.45, 7) is 0. The molecule has 1 N–H and O–H groups in total. The van der Waals surface area contributed by atoms with Gasteiger partial charge in [-0.3, -0.25) is 10.1 Å². The summed E-state index contributed by atoms with van der Waals surface area (Å²) >= 11 is 4.63. The Bertz CT molecular complexity index is 376. The van der Waals surface area contributed by atoms with Crippen molar-refractivity contribution >= 4 is 39.3 Å². The Kier molecular flexibility index (Phi) is 2.09. The van der Waals surface area contributed by atoms with Crippen molar-refractivity contribution in [3.05, 3.63) is 20.8 Å². The predicted octanol–water partition coefficient (Wildman–Crippen LogP) is 1.82. The highest BCUT2D eigenvalue weighted by Gasteiger charge is 2.34. The van der Waals surface area contributed by atoms with E-state index in [0.717, 1.165) is 8.66 Å². The van der Waals surface area contributed by atoms with Gasteiger partial charge in [-0.05, 0) is 28.1 Å². The predicted molar refractivity (Wildman–Crippen MR) is 49.4 cm³/mol.